The Morgan fingerprint density at radius 2 is 1.23 bits per heavy atom. The van der Waals surface area contributed by atoms with E-state index in [9.17, 15) is 0 Å². The molecule has 65 heavy (non-hydrogen) atoms. The van der Waals surface area contributed by atoms with Crippen molar-refractivity contribution in [3.8, 4) is 0 Å². The number of para-hydroxylation sites is 1. The van der Waals surface area contributed by atoms with E-state index < -0.39 is 0 Å². The SMILES string of the molecule is C=C/C=C\C(=C\c1ccc2oc3c4ccccc4ccc3c2c1)N(/C=C/C=C(\C=C)c1ccc2oc3ccccc3c2c1)c1ccc(/C(C=C)=C/C=C/c2cccc(/C=C\C)c2C)cc1. The van der Waals surface area contributed by atoms with Gasteiger partial charge in [0.15, 0.2) is 0 Å². The zero-order chi connectivity index (χ0) is 44.7. The molecule has 0 aliphatic rings. The van der Waals surface area contributed by atoms with Crippen LogP contribution in [0.3, 0.4) is 0 Å². The molecule has 0 radical (unpaired) electrons. The number of rotatable bonds is 14. The number of fused-ring (bicyclic) bond motifs is 8. The molecular weight excluding hydrogens is 791 g/mol. The van der Waals surface area contributed by atoms with Crippen molar-refractivity contribution in [1.29, 1.82) is 0 Å². The summed E-state index contributed by atoms with van der Waals surface area (Å²) < 4.78 is 12.6. The lowest BCUT2D eigenvalue weighted by molar-refractivity contribution is 0.669. The summed E-state index contributed by atoms with van der Waals surface area (Å²) in [5, 5.41) is 6.58. The Hall–Kier alpha value is -8.40. The number of hydrogen-bond donors (Lipinski definition) is 0. The number of furan rings is 2. The normalized spacial score (nSPS) is 13.0. The molecule has 0 fully saturated rings. The Balaban J connectivity index is 1.11. The van der Waals surface area contributed by atoms with Gasteiger partial charge in [-0.15, -0.1) is 0 Å². The summed E-state index contributed by atoms with van der Waals surface area (Å²) in [6.07, 6.45) is 28.7. The largest absolute Gasteiger partial charge is 0.456 e. The first-order chi connectivity index (χ1) is 32.0. The second-order valence-corrected chi connectivity index (χ2v) is 15.8. The van der Waals surface area contributed by atoms with E-state index in [0.717, 1.165) is 93.9 Å². The number of hydrogen-bond acceptors (Lipinski definition) is 3. The van der Waals surface area contributed by atoms with Crippen molar-refractivity contribution in [2.24, 2.45) is 0 Å². The number of anilines is 1. The van der Waals surface area contributed by atoms with Crippen LogP contribution in [0, 0.1) is 6.92 Å². The average Bonchev–Trinajstić information content (AvgIpc) is 3.91. The molecular formula is C62H49NO2. The van der Waals surface area contributed by atoms with Gasteiger partial charge in [0.2, 0.25) is 0 Å². The number of allylic oxidation sites excluding steroid dienone is 12. The van der Waals surface area contributed by atoms with Crippen molar-refractivity contribution in [3.05, 3.63) is 265 Å². The van der Waals surface area contributed by atoms with Crippen molar-refractivity contribution in [1.82, 2.24) is 0 Å². The van der Waals surface area contributed by atoms with Gasteiger partial charge in [0.1, 0.15) is 22.3 Å². The topological polar surface area (TPSA) is 29.5 Å². The summed E-state index contributed by atoms with van der Waals surface area (Å²) in [7, 11) is 0. The molecule has 2 heterocycles. The first kappa shape index (κ1) is 41.9. The predicted molar refractivity (Wildman–Crippen MR) is 282 cm³/mol. The van der Waals surface area contributed by atoms with Crippen LogP contribution in [0.1, 0.15) is 40.3 Å². The minimum atomic E-state index is 0.853. The van der Waals surface area contributed by atoms with Crippen molar-refractivity contribution < 1.29 is 8.83 Å². The summed E-state index contributed by atoms with van der Waals surface area (Å²) in [6.45, 7) is 16.6. The third-order valence-electron chi connectivity index (χ3n) is 11.8. The lowest BCUT2D eigenvalue weighted by atomic mass is 10.0. The van der Waals surface area contributed by atoms with Crippen LogP contribution in [0.2, 0.25) is 0 Å². The Morgan fingerprint density at radius 3 is 2.03 bits per heavy atom. The molecule has 0 saturated carbocycles. The van der Waals surface area contributed by atoms with E-state index in [2.05, 4.69) is 208 Å². The van der Waals surface area contributed by atoms with E-state index in [-0.39, 0.29) is 0 Å². The average molecular weight is 840 g/mol. The highest BCUT2D eigenvalue weighted by molar-refractivity contribution is 6.15. The van der Waals surface area contributed by atoms with E-state index in [0.29, 0.717) is 0 Å². The fourth-order valence-corrected chi connectivity index (χ4v) is 8.45. The molecule has 3 nitrogen and oxygen atoms in total. The Labute approximate surface area is 380 Å². The maximum Gasteiger partial charge on any atom is 0.143 e. The van der Waals surface area contributed by atoms with Crippen molar-refractivity contribution in [3.63, 3.8) is 0 Å². The monoisotopic (exact) mass is 839 g/mol. The molecule has 0 bridgehead atoms. The highest BCUT2D eigenvalue weighted by Crippen LogP contribution is 2.36. The van der Waals surface area contributed by atoms with Gasteiger partial charge < -0.3 is 13.7 Å². The third kappa shape index (κ3) is 8.69. The molecule has 0 unspecified atom stereocenters. The quantitative estimate of drug-likeness (QED) is 0.102. The van der Waals surface area contributed by atoms with E-state index >= 15 is 0 Å². The molecule has 314 valence electrons. The van der Waals surface area contributed by atoms with Crippen LogP contribution in [0.15, 0.2) is 241 Å². The third-order valence-corrected chi connectivity index (χ3v) is 11.8. The molecule has 3 heteroatoms. The molecule has 7 aromatic carbocycles. The van der Waals surface area contributed by atoms with E-state index in [1.54, 1.807) is 6.08 Å². The molecule has 0 spiro atoms. The minimum Gasteiger partial charge on any atom is -0.456 e. The highest BCUT2D eigenvalue weighted by Gasteiger charge is 2.14. The summed E-state index contributed by atoms with van der Waals surface area (Å²) >= 11 is 0. The summed E-state index contributed by atoms with van der Waals surface area (Å²) in [6, 6.07) is 48.5. The van der Waals surface area contributed by atoms with Crippen LogP contribution < -0.4 is 4.90 Å². The van der Waals surface area contributed by atoms with Crippen LogP contribution >= 0.6 is 0 Å². The van der Waals surface area contributed by atoms with Gasteiger partial charge >= 0.3 is 0 Å². The van der Waals surface area contributed by atoms with Gasteiger partial charge in [-0.3, -0.25) is 0 Å². The fraction of sp³-hybridized carbons (Fsp3) is 0.0323. The van der Waals surface area contributed by atoms with Gasteiger partial charge in [0, 0.05) is 44.5 Å². The zero-order valence-electron chi connectivity index (χ0n) is 36.7. The van der Waals surface area contributed by atoms with Crippen LogP contribution in [-0.4, -0.2) is 0 Å². The van der Waals surface area contributed by atoms with Gasteiger partial charge in [-0.2, -0.15) is 0 Å². The first-order valence-corrected chi connectivity index (χ1v) is 21.9. The molecule has 0 amide bonds. The molecule has 0 aliphatic heterocycles. The van der Waals surface area contributed by atoms with Gasteiger partial charge in [0.25, 0.3) is 0 Å². The summed E-state index contributed by atoms with van der Waals surface area (Å²) in [5.41, 5.74) is 14.2. The maximum absolute atomic E-state index is 6.47. The smallest absolute Gasteiger partial charge is 0.143 e. The van der Waals surface area contributed by atoms with Gasteiger partial charge in [-0.25, -0.2) is 0 Å². The van der Waals surface area contributed by atoms with E-state index in [1.807, 2.05) is 49.4 Å². The Kier molecular flexibility index (Phi) is 12.2. The van der Waals surface area contributed by atoms with Crippen LogP contribution in [0.4, 0.5) is 5.69 Å². The molecule has 0 N–H and O–H groups in total. The molecule has 9 rings (SSSR count). The zero-order valence-corrected chi connectivity index (χ0v) is 36.7. The fourth-order valence-electron chi connectivity index (χ4n) is 8.45. The summed E-state index contributed by atoms with van der Waals surface area (Å²) in [5.74, 6) is 0. The Bertz CT molecular complexity index is 3500. The van der Waals surface area contributed by atoms with Crippen LogP contribution in [0.5, 0.6) is 0 Å². The Morgan fingerprint density at radius 1 is 0.554 bits per heavy atom. The second-order valence-electron chi connectivity index (χ2n) is 15.8. The van der Waals surface area contributed by atoms with Crippen LogP contribution in [-0.2, 0) is 0 Å². The standard InChI is InChI=1S/C62H49NO2/c1-6-10-25-53(40-44-29-37-61-57(41-44)56-36-32-50-19-11-12-26-54(50)62(56)65-61)63(39-17-24-46(9-4)51-33-38-60-58(42-51)55-27-13-14-28-59(55)64-60)52-34-30-49(31-35-52)45(8-3)20-15-22-48-23-16-21-47(18-7-2)43(48)5/h6-42H,1,3-4H2,2,5H3/b18-7-,22-15+,25-10-,39-17+,45-20+,46-24+,53-40-. The van der Waals surface area contributed by atoms with E-state index in [1.165, 1.54) is 16.7 Å². The van der Waals surface area contributed by atoms with Crippen molar-refractivity contribution in [2.45, 2.75) is 13.8 Å². The lowest BCUT2D eigenvalue weighted by Crippen LogP contribution is -2.14. The van der Waals surface area contributed by atoms with Gasteiger partial charge in [0.05, 0.1) is 0 Å². The van der Waals surface area contributed by atoms with Gasteiger partial charge in [-0.1, -0.05) is 171 Å². The lowest BCUT2D eigenvalue weighted by Gasteiger charge is -2.23. The van der Waals surface area contributed by atoms with Gasteiger partial charge in [-0.05, 0) is 131 Å². The molecule has 0 atom stereocenters. The first-order valence-electron chi connectivity index (χ1n) is 21.9. The number of nitrogens with zero attached hydrogens (tertiary/aromatic N) is 1. The second kappa shape index (κ2) is 18.9. The molecule has 9 aromatic rings. The van der Waals surface area contributed by atoms with E-state index in [4.69, 9.17) is 8.83 Å². The summed E-state index contributed by atoms with van der Waals surface area (Å²) in [4.78, 5) is 2.19. The number of benzene rings is 7. The van der Waals surface area contributed by atoms with Crippen molar-refractivity contribution in [2.75, 3.05) is 4.90 Å². The molecule has 0 aliphatic carbocycles. The minimum absolute atomic E-state index is 0.853. The highest BCUT2D eigenvalue weighted by atomic mass is 16.3. The van der Waals surface area contributed by atoms with Crippen LogP contribution in [0.25, 0.3) is 84.0 Å². The predicted octanol–water partition coefficient (Wildman–Crippen LogP) is 17.6. The molecule has 2 aromatic heterocycles. The molecule has 0 saturated heterocycles. The maximum atomic E-state index is 6.47. The van der Waals surface area contributed by atoms with Crippen molar-refractivity contribution >= 4 is 89.7 Å².